The highest BCUT2D eigenvalue weighted by Crippen LogP contribution is 1.90. The van der Waals surface area contributed by atoms with Crippen molar-refractivity contribution in [3.63, 3.8) is 0 Å². The molecular formula is C9H18N2O6S. The van der Waals surface area contributed by atoms with Crippen LogP contribution in [0, 0.1) is 0 Å². The van der Waals surface area contributed by atoms with Crippen molar-refractivity contribution in [2.24, 2.45) is 0 Å². The highest BCUT2D eigenvalue weighted by molar-refractivity contribution is 7.89. The molecule has 3 N–H and O–H groups in total. The molecule has 0 atom stereocenters. The van der Waals surface area contributed by atoms with Gasteiger partial charge in [-0.15, -0.1) is 0 Å². The van der Waals surface area contributed by atoms with Crippen molar-refractivity contribution in [3.05, 3.63) is 0 Å². The van der Waals surface area contributed by atoms with Gasteiger partial charge in [-0.3, -0.25) is 9.59 Å². The number of ether oxygens (including phenoxy) is 1. The molecule has 0 bridgehead atoms. The normalized spacial score (nSPS) is 11.2. The van der Waals surface area contributed by atoms with Crippen LogP contribution in [0.1, 0.15) is 12.8 Å². The molecule has 0 spiro atoms. The van der Waals surface area contributed by atoms with Crippen LogP contribution in [0.4, 0.5) is 0 Å². The van der Waals surface area contributed by atoms with E-state index in [0.29, 0.717) is 13.2 Å². The molecular weight excluding hydrogens is 264 g/mol. The highest BCUT2D eigenvalue weighted by atomic mass is 32.2. The zero-order chi connectivity index (χ0) is 14.0. The average Bonchev–Trinajstić information content (AvgIpc) is 2.27. The van der Waals surface area contributed by atoms with Crippen molar-refractivity contribution < 1.29 is 27.9 Å². The van der Waals surface area contributed by atoms with E-state index in [1.165, 1.54) is 7.11 Å². The molecule has 0 radical (unpaired) electrons. The number of carbonyl (C=O) groups excluding carboxylic acids is 1. The first-order valence-electron chi connectivity index (χ1n) is 5.32. The van der Waals surface area contributed by atoms with Crippen molar-refractivity contribution in [2.75, 3.05) is 32.6 Å². The Labute approximate surface area is 106 Å². The van der Waals surface area contributed by atoms with Crippen molar-refractivity contribution in [1.29, 1.82) is 0 Å². The van der Waals surface area contributed by atoms with Gasteiger partial charge in [0.2, 0.25) is 15.9 Å². The van der Waals surface area contributed by atoms with E-state index in [4.69, 9.17) is 9.84 Å². The predicted octanol–water partition coefficient (Wildman–Crippen LogP) is -1.47. The minimum Gasteiger partial charge on any atom is -0.481 e. The minimum absolute atomic E-state index is 0.00395. The van der Waals surface area contributed by atoms with E-state index in [0.717, 1.165) is 0 Å². The number of sulfonamides is 1. The lowest BCUT2D eigenvalue weighted by atomic mass is 10.4. The number of carboxylic acid groups (broad SMARTS) is 1. The molecule has 0 unspecified atom stereocenters. The van der Waals surface area contributed by atoms with Gasteiger partial charge in [0.15, 0.2) is 0 Å². The van der Waals surface area contributed by atoms with Gasteiger partial charge in [0.25, 0.3) is 0 Å². The van der Waals surface area contributed by atoms with Gasteiger partial charge in [0.05, 0.1) is 18.8 Å². The Balaban J connectivity index is 3.75. The van der Waals surface area contributed by atoms with Gasteiger partial charge >= 0.3 is 5.97 Å². The second kappa shape index (κ2) is 8.84. The summed E-state index contributed by atoms with van der Waals surface area (Å²) in [4.78, 5) is 21.4. The van der Waals surface area contributed by atoms with Crippen LogP contribution in [-0.2, 0) is 24.3 Å². The predicted molar refractivity (Wildman–Crippen MR) is 63.5 cm³/mol. The van der Waals surface area contributed by atoms with Crippen molar-refractivity contribution in [2.45, 2.75) is 12.8 Å². The Bertz CT molecular complexity index is 367. The molecule has 0 fully saturated rings. The number of aliphatic carboxylic acids is 1. The smallest absolute Gasteiger partial charge is 0.304 e. The number of nitrogens with one attached hydrogen (secondary N) is 2. The van der Waals surface area contributed by atoms with E-state index in [2.05, 4.69) is 10.0 Å². The van der Waals surface area contributed by atoms with E-state index in [1.54, 1.807) is 0 Å². The number of rotatable bonds is 10. The van der Waals surface area contributed by atoms with Gasteiger partial charge in [-0.2, -0.15) is 0 Å². The molecule has 0 heterocycles. The highest BCUT2D eigenvalue weighted by Gasteiger charge is 2.12. The molecule has 9 heteroatoms. The SMILES string of the molecule is COCCNC(=O)CCNS(=O)(=O)CCC(=O)O. The molecule has 0 aromatic rings. The molecule has 0 saturated carbocycles. The Kier molecular flexibility index (Phi) is 8.25. The number of carboxylic acids is 1. The van der Waals surface area contributed by atoms with Crippen LogP contribution in [0.2, 0.25) is 0 Å². The Morgan fingerprint density at radius 1 is 1.22 bits per heavy atom. The lowest BCUT2D eigenvalue weighted by Crippen LogP contribution is -2.33. The first kappa shape index (κ1) is 16.8. The van der Waals surface area contributed by atoms with E-state index in [1.807, 2.05) is 0 Å². The molecule has 8 nitrogen and oxygen atoms in total. The molecule has 0 aliphatic carbocycles. The van der Waals surface area contributed by atoms with Crippen LogP contribution in [0.25, 0.3) is 0 Å². The van der Waals surface area contributed by atoms with Crippen LogP contribution in [0.3, 0.4) is 0 Å². The standard InChI is InChI=1S/C9H18N2O6S/c1-17-6-5-10-8(12)2-4-11-18(15,16)7-3-9(13)14/h11H,2-7H2,1H3,(H,10,12)(H,13,14). The maximum Gasteiger partial charge on any atom is 0.304 e. The number of carbonyl (C=O) groups is 2. The summed E-state index contributed by atoms with van der Waals surface area (Å²) in [6.45, 7) is 0.692. The van der Waals surface area contributed by atoms with Gasteiger partial charge in [-0.05, 0) is 0 Å². The van der Waals surface area contributed by atoms with Crippen LogP contribution in [-0.4, -0.2) is 58.0 Å². The summed E-state index contributed by atoms with van der Waals surface area (Å²) in [6.07, 6.45) is -0.467. The Morgan fingerprint density at radius 3 is 2.44 bits per heavy atom. The third kappa shape index (κ3) is 10.00. The fraction of sp³-hybridized carbons (Fsp3) is 0.778. The molecule has 106 valence electrons. The topological polar surface area (TPSA) is 122 Å². The van der Waals surface area contributed by atoms with E-state index < -0.39 is 28.2 Å². The number of hydrogen-bond donors (Lipinski definition) is 3. The van der Waals surface area contributed by atoms with Gasteiger partial charge in [0, 0.05) is 26.6 Å². The van der Waals surface area contributed by atoms with Crippen molar-refractivity contribution >= 4 is 21.9 Å². The zero-order valence-corrected chi connectivity index (χ0v) is 11.0. The van der Waals surface area contributed by atoms with Crippen LogP contribution in [0.5, 0.6) is 0 Å². The summed E-state index contributed by atoms with van der Waals surface area (Å²) in [5.74, 6) is -1.97. The largest absolute Gasteiger partial charge is 0.481 e. The van der Waals surface area contributed by atoms with Gasteiger partial charge in [0.1, 0.15) is 0 Å². The molecule has 0 aromatic heterocycles. The van der Waals surface area contributed by atoms with Crippen molar-refractivity contribution in [3.8, 4) is 0 Å². The van der Waals surface area contributed by atoms with Crippen LogP contribution in [0.15, 0.2) is 0 Å². The summed E-state index contributed by atoms with van der Waals surface area (Å²) in [7, 11) is -2.13. The first-order valence-corrected chi connectivity index (χ1v) is 6.97. The van der Waals surface area contributed by atoms with Gasteiger partial charge in [-0.25, -0.2) is 13.1 Å². The van der Waals surface area contributed by atoms with E-state index >= 15 is 0 Å². The van der Waals surface area contributed by atoms with E-state index in [-0.39, 0.29) is 18.9 Å². The monoisotopic (exact) mass is 282 g/mol. The summed E-state index contributed by atoms with van der Waals surface area (Å²) in [5.41, 5.74) is 0. The molecule has 0 aliphatic rings. The third-order valence-electron chi connectivity index (χ3n) is 1.89. The third-order valence-corrected chi connectivity index (χ3v) is 3.27. The van der Waals surface area contributed by atoms with Crippen LogP contribution >= 0.6 is 0 Å². The maximum atomic E-state index is 11.3. The summed E-state index contributed by atoms with van der Waals surface area (Å²) in [6, 6.07) is 0. The Hall–Kier alpha value is -1.19. The van der Waals surface area contributed by atoms with Crippen LogP contribution < -0.4 is 10.0 Å². The second-order valence-corrected chi connectivity index (χ2v) is 5.38. The number of hydrogen-bond acceptors (Lipinski definition) is 5. The molecule has 0 rings (SSSR count). The molecule has 0 saturated heterocycles. The minimum atomic E-state index is -3.63. The van der Waals surface area contributed by atoms with Crippen molar-refractivity contribution in [1.82, 2.24) is 10.0 Å². The Morgan fingerprint density at radius 2 is 1.89 bits per heavy atom. The van der Waals surface area contributed by atoms with Gasteiger partial charge in [-0.1, -0.05) is 0 Å². The average molecular weight is 282 g/mol. The fourth-order valence-electron chi connectivity index (χ4n) is 0.995. The van der Waals surface area contributed by atoms with Gasteiger partial charge < -0.3 is 15.2 Å². The second-order valence-electron chi connectivity index (χ2n) is 3.45. The lowest BCUT2D eigenvalue weighted by molar-refractivity contribution is -0.136. The molecule has 1 amide bonds. The zero-order valence-electron chi connectivity index (χ0n) is 10.1. The quantitative estimate of drug-likeness (QED) is 0.421. The fourth-order valence-corrected chi connectivity index (χ4v) is 2.00. The summed E-state index contributed by atoms with van der Waals surface area (Å²) >= 11 is 0. The molecule has 0 aliphatic heterocycles. The summed E-state index contributed by atoms with van der Waals surface area (Å²) in [5, 5.41) is 10.9. The van der Waals surface area contributed by atoms with E-state index in [9.17, 15) is 18.0 Å². The summed E-state index contributed by atoms with van der Waals surface area (Å²) < 4.78 is 29.4. The molecule has 18 heavy (non-hydrogen) atoms. The maximum absolute atomic E-state index is 11.3. The number of methoxy groups -OCH3 is 1. The first-order chi connectivity index (χ1) is 8.37. The lowest BCUT2D eigenvalue weighted by Gasteiger charge is -2.06. The molecule has 0 aromatic carbocycles. The number of amides is 1.